The number of thiocarbonyl (C=S) groups is 1. The fourth-order valence-corrected chi connectivity index (χ4v) is 4.66. The van der Waals surface area contributed by atoms with Crippen LogP contribution in [0.1, 0.15) is 18.2 Å². The number of fused-ring (bicyclic) bond motifs is 1. The van der Waals surface area contributed by atoms with Crippen molar-refractivity contribution in [2.45, 2.75) is 19.4 Å². The maximum absolute atomic E-state index is 13.5. The van der Waals surface area contributed by atoms with E-state index in [0.29, 0.717) is 28.0 Å². The highest BCUT2D eigenvalue weighted by atomic mass is 32.2. The van der Waals surface area contributed by atoms with Gasteiger partial charge in [0.1, 0.15) is 21.9 Å². The topological polar surface area (TPSA) is 78.3 Å². The molecule has 3 aromatic rings. The van der Waals surface area contributed by atoms with Crippen LogP contribution in [0.25, 0.3) is 17.0 Å². The van der Waals surface area contributed by atoms with E-state index in [0.717, 1.165) is 28.2 Å². The highest BCUT2D eigenvalue weighted by Crippen LogP contribution is 2.34. The van der Waals surface area contributed by atoms with E-state index in [1.807, 2.05) is 0 Å². The van der Waals surface area contributed by atoms with Gasteiger partial charge < -0.3 is 14.7 Å². The third-order valence-corrected chi connectivity index (χ3v) is 6.16. The van der Waals surface area contributed by atoms with Gasteiger partial charge in [-0.25, -0.2) is 4.39 Å². The Morgan fingerprint density at radius 2 is 2.27 bits per heavy atom. The van der Waals surface area contributed by atoms with Crippen LogP contribution >= 0.6 is 24.0 Å². The van der Waals surface area contributed by atoms with Crippen molar-refractivity contribution in [2.75, 3.05) is 6.54 Å². The number of carbonyl (C=O) groups excluding carboxylic acids is 2. The Morgan fingerprint density at radius 1 is 1.43 bits per heavy atom. The Bertz CT molecular complexity index is 1150. The van der Waals surface area contributed by atoms with Gasteiger partial charge in [0, 0.05) is 29.7 Å². The smallest absolute Gasteiger partial charge is 0.267 e. The fraction of sp³-hybridized carbons (Fsp3) is 0.190. The summed E-state index contributed by atoms with van der Waals surface area (Å²) in [6.07, 6.45) is 5.46. The molecule has 1 saturated heterocycles. The molecule has 0 saturated carbocycles. The fourth-order valence-electron chi connectivity index (χ4n) is 3.26. The first-order chi connectivity index (χ1) is 14.4. The summed E-state index contributed by atoms with van der Waals surface area (Å²) in [5.41, 5.74) is 1.75. The number of nitrogens with one attached hydrogen (secondary N) is 2. The van der Waals surface area contributed by atoms with E-state index in [1.165, 1.54) is 23.3 Å². The number of halogens is 1. The molecule has 1 aliphatic heterocycles. The number of thioether (sulfide) groups is 1. The molecule has 3 heterocycles. The summed E-state index contributed by atoms with van der Waals surface area (Å²) >= 11 is 6.44. The third-order valence-electron chi connectivity index (χ3n) is 4.83. The average molecular weight is 444 g/mol. The summed E-state index contributed by atoms with van der Waals surface area (Å²) in [6, 6.07) is 7.26. The number of H-pyrrole nitrogens is 1. The van der Waals surface area contributed by atoms with Gasteiger partial charge in [0.25, 0.3) is 5.91 Å². The molecular weight excluding hydrogens is 425 g/mol. The van der Waals surface area contributed by atoms with Gasteiger partial charge in [-0.2, -0.15) is 0 Å². The predicted molar refractivity (Wildman–Crippen MR) is 118 cm³/mol. The first-order valence-electron chi connectivity index (χ1n) is 9.28. The molecule has 1 atom stereocenters. The van der Waals surface area contributed by atoms with Crippen LogP contribution in [0.5, 0.6) is 0 Å². The van der Waals surface area contributed by atoms with E-state index in [2.05, 4.69) is 10.3 Å². The molecule has 2 aromatic heterocycles. The molecular formula is C21H18FN3O3S2. The number of aromatic nitrogens is 1. The van der Waals surface area contributed by atoms with Gasteiger partial charge in [-0.3, -0.25) is 14.5 Å². The number of benzene rings is 1. The van der Waals surface area contributed by atoms with E-state index in [-0.39, 0.29) is 17.6 Å². The molecule has 0 bridgehead atoms. The van der Waals surface area contributed by atoms with Gasteiger partial charge >= 0.3 is 0 Å². The van der Waals surface area contributed by atoms with E-state index in [9.17, 15) is 14.0 Å². The molecule has 6 nitrogen and oxygen atoms in total. The van der Waals surface area contributed by atoms with Crippen LogP contribution in [0.3, 0.4) is 0 Å². The lowest BCUT2D eigenvalue weighted by molar-refractivity contribution is -0.132. The maximum atomic E-state index is 13.5. The second kappa shape index (κ2) is 8.45. The van der Waals surface area contributed by atoms with Crippen molar-refractivity contribution in [1.29, 1.82) is 0 Å². The Morgan fingerprint density at radius 3 is 3.03 bits per heavy atom. The summed E-state index contributed by atoms with van der Waals surface area (Å²) in [4.78, 5) is 30.1. The highest BCUT2D eigenvalue weighted by Gasteiger charge is 2.38. The summed E-state index contributed by atoms with van der Waals surface area (Å²) in [6.45, 7) is 1.99. The van der Waals surface area contributed by atoms with Gasteiger partial charge in [0.15, 0.2) is 0 Å². The summed E-state index contributed by atoms with van der Waals surface area (Å²) in [5, 5.41) is 3.62. The monoisotopic (exact) mass is 443 g/mol. The average Bonchev–Trinajstić information content (AvgIpc) is 3.43. The Labute approximate surface area is 181 Å². The zero-order valence-corrected chi connectivity index (χ0v) is 17.6. The zero-order chi connectivity index (χ0) is 21.3. The van der Waals surface area contributed by atoms with Gasteiger partial charge in [-0.1, -0.05) is 24.0 Å². The van der Waals surface area contributed by atoms with E-state index < -0.39 is 6.04 Å². The van der Waals surface area contributed by atoms with Crippen molar-refractivity contribution in [3.63, 3.8) is 0 Å². The number of carbonyl (C=O) groups is 2. The lowest BCUT2D eigenvalue weighted by Gasteiger charge is -2.22. The number of hydrogen-bond acceptors (Lipinski definition) is 5. The first kappa shape index (κ1) is 20.4. The van der Waals surface area contributed by atoms with Crippen LogP contribution in [0, 0.1) is 5.82 Å². The minimum absolute atomic E-state index is 0.307. The second-order valence-corrected chi connectivity index (χ2v) is 8.46. The highest BCUT2D eigenvalue weighted by molar-refractivity contribution is 8.26. The largest absolute Gasteiger partial charge is 0.465 e. The summed E-state index contributed by atoms with van der Waals surface area (Å²) in [5.74, 6) is -0.395. The zero-order valence-electron chi connectivity index (χ0n) is 16.0. The second-order valence-electron chi connectivity index (χ2n) is 6.79. The molecule has 4 rings (SSSR count). The van der Waals surface area contributed by atoms with Crippen molar-refractivity contribution in [3.05, 3.63) is 64.8 Å². The quantitative estimate of drug-likeness (QED) is 0.447. The van der Waals surface area contributed by atoms with Crippen molar-refractivity contribution in [2.24, 2.45) is 0 Å². The molecule has 2 N–H and O–H groups in total. The Kier molecular flexibility index (Phi) is 5.74. The number of rotatable bonds is 6. The molecule has 1 unspecified atom stereocenters. The van der Waals surface area contributed by atoms with Crippen molar-refractivity contribution >= 4 is 57.1 Å². The van der Waals surface area contributed by atoms with Gasteiger partial charge in [0.05, 0.1) is 11.2 Å². The molecule has 2 amide bonds. The van der Waals surface area contributed by atoms with E-state index in [4.69, 9.17) is 16.6 Å². The number of nitrogens with zero attached hydrogens (tertiary/aromatic N) is 1. The van der Waals surface area contributed by atoms with Gasteiger partial charge in [-0.05, 0) is 49.2 Å². The third kappa shape index (κ3) is 4.03. The summed E-state index contributed by atoms with van der Waals surface area (Å²) in [7, 11) is 0. The van der Waals surface area contributed by atoms with Crippen LogP contribution in [-0.2, 0) is 16.0 Å². The molecule has 0 radical (unpaired) electrons. The minimum Gasteiger partial charge on any atom is -0.465 e. The van der Waals surface area contributed by atoms with Crippen LogP contribution in [0.2, 0.25) is 0 Å². The summed E-state index contributed by atoms with van der Waals surface area (Å²) < 4.78 is 19.1. The molecule has 1 fully saturated rings. The van der Waals surface area contributed by atoms with Crippen LogP contribution in [0.4, 0.5) is 4.39 Å². The van der Waals surface area contributed by atoms with Crippen molar-refractivity contribution in [3.8, 4) is 0 Å². The number of hydrogen-bond donors (Lipinski definition) is 2. The van der Waals surface area contributed by atoms with Crippen LogP contribution in [-0.4, -0.2) is 38.6 Å². The molecule has 9 heteroatoms. The van der Waals surface area contributed by atoms with Gasteiger partial charge in [-0.15, -0.1) is 0 Å². The van der Waals surface area contributed by atoms with E-state index >= 15 is 0 Å². The maximum Gasteiger partial charge on any atom is 0.267 e. The van der Waals surface area contributed by atoms with Crippen LogP contribution < -0.4 is 5.32 Å². The Hall–Kier alpha value is -2.91. The molecule has 0 aliphatic carbocycles. The molecule has 30 heavy (non-hydrogen) atoms. The standard InChI is InChI=1S/C21H18FN3O3S2/c1-12(25-20(27)18(30-21(25)29)10-15-3-2-8-28-15)19(26)23-7-6-13-11-24-17-5-4-14(22)9-16(13)17/h2-5,8-12,24H,6-7H2,1H3,(H,23,26). The van der Waals surface area contributed by atoms with Crippen molar-refractivity contribution in [1.82, 2.24) is 15.2 Å². The van der Waals surface area contributed by atoms with E-state index in [1.54, 1.807) is 37.4 Å². The molecule has 1 aromatic carbocycles. The lowest BCUT2D eigenvalue weighted by atomic mass is 10.1. The SMILES string of the molecule is CC(C(=O)NCCc1c[nH]c2ccc(F)cc12)N1C(=O)C(=Cc2ccco2)SC1=S. The first-order valence-corrected chi connectivity index (χ1v) is 10.5. The van der Waals surface area contributed by atoms with Crippen LogP contribution in [0.15, 0.2) is 52.1 Å². The predicted octanol–water partition coefficient (Wildman–Crippen LogP) is 3.85. The number of furan rings is 1. The number of aromatic amines is 1. The minimum atomic E-state index is -0.750. The van der Waals surface area contributed by atoms with Gasteiger partial charge in [0.2, 0.25) is 5.91 Å². The normalized spacial score (nSPS) is 16.6. The van der Waals surface area contributed by atoms with Crippen molar-refractivity contribution < 1.29 is 18.4 Å². The molecule has 154 valence electrons. The number of amides is 2. The molecule has 1 aliphatic rings. The lowest BCUT2D eigenvalue weighted by Crippen LogP contribution is -2.47. The Balaban J connectivity index is 1.38. The molecule has 0 spiro atoms.